The highest BCUT2D eigenvalue weighted by atomic mass is 32.1. The van der Waals surface area contributed by atoms with Crippen LogP contribution in [0.3, 0.4) is 0 Å². The molecule has 19 heavy (non-hydrogen) atoms. The fourth-order valence-electron chi connectivity index (χ4n) is 2.58. The van der Waals surface area contributed by atoms with Crippen molar-refractivity contribution in [3.8, 4) is 0 Å². The first-order valence-corrected chi connectivity index (χ1v) is 7.53. The lowest BCUT2D eigenvalue weighted by molar-refractivity contribution is 0.204. The molecule has 0 unspecified atom stereocenters. The van der Waals surface area contributed by atoms with Crippen LogP contribution in [-0.4, -0.2) is 59.3 Å². The van der Waals surface area contributed by atoms with Gasteiger partial charge in [-0.1, -0.05) is 0 Å². The molecule has 1 fully saturated rings. The van der Waals surface area contributed by atoms with Gasteiger partial charge >= 0.3 is 0 Å². The van der Waals surface area contributed by atoms with E-state index < -0.39 is 0 Å². The zero-order chi connectivity index (χ0) is 13.1. The Hall–Kier alpha value is -1.24. The zero-order valence-electron chi connectivity index (χ0n) is 10.8. The second kappa shape index (κ2) is 5.81. The first-order chi connectivity index (χ1) is 9.38. The minimum absolute atomic E-state index is 0.238. The van der Waals surface area contributed by atoms with Gasteiger partial charge in [-0.2, -0.15) is 0 Å². The van der Waals surface area contributed by atoms with Gasteiger partial charge in [0.2, 0.25) is 0 Å². The molecule has 0 spiro atoms. The maximum Gasteiger partial charge on any atom is 0.140 e. The van der Waals surface area contributed by atoms with E-state index in [2.05, 4.69) is 31.2 Å². The number of aliphatic hydroxyl groups is 1. The summed E-state index contributed by atoms with van der Waals surface area (Å²) in [6, 6.07) is 2.10. The summed E-state index contributed by atoms with van der Waals surface area (Å²) in [5.74, 6) is 1.05. The summed E-state index contributed by atoms with van der Waals surface area (Å²) in [4.78, 5) is 14.5. The Bertz CT molecular complexity index is 544. The quantitative estimate of drug-likeness (QED) is 0.914. The largest absolute Gasteiger partial charge is 0.395 e. The van der Waals surface area contributed by atoms with Crippen LogP contribution in [0.2, 0.25) is 0 Å². The molecule has 0 atom stereocenters. The van der Waals surface area contributed by atoms with Crippen LogP contribution in [0.15, 0.2) is 17.8 Å². The Labute approximate surface area is 116 Å². The molecule has 0 aliphatic carbocycles. The Balaban J connectivity index is 1.80. The number of aliphatic hydroxyl groups excluding tert-OH is 1. The number of hydrogen-bond donors (Lipinski definition) is 1. The first-order valence-electron chi connectivity index (χ1n) is 6.65. The third-order valence-electron chi connectivity index (χ3n) is 3.54. The first kappa shape index (κ1) is 12.8. The number of β-amino-alcohol motifs (C(OH)–C–C–N with tert-alkyl or cyclic N) is 1. The molecule has 0 saturated carbocycles. The van der Waals surface area contributed by atoms with E-state index in [1.807, 2.05) is 0 Å². The van der Waals surface area contributed by atoms with Crippen molar-refractivity contribution >= 4 is 27.4 Å². The third-order valence-corrected chi connectivity index (χ3v) is 4.37. The van der Waals surface area contributed by atoms with Crippen molar-refractivity contribution in [2.75, 3.05) is 44.2 Å². The highest BCUT2D eigenvalue weighted by Gasteiger charge is 2.17. The lowest BCUT2D eigenvalue weighted by Crippen LogP contribution is -2.32. The van der Waals surface area contributed by atoms with E-state index in [1.165, 1.54) is 0 Å². The number of thiophene rings is 1. The van der Waals surface area contributed by atoms with Crippen molar-refractivity contribution in [2.45, 2.75) is 6.42 Å². The van der Waals surface area contributed by atoms with Crippen molar-refractivity contribution in [1.82, 2.24) is 14.9 Å². The van der Waals surface area contributed by atoms with E-state index in [0.29, 0.717) is 0 Å². The zero-order valence-corrected chi connectivity index (χ0v) is 11.6. The predicted octanol–water partition coefficient (Wildman–Crippen LogP) is 1.20. The fraction of sp³-hybridized carbons (Fsp3) is 0.538. The van der Waals surface area contributed by atoms with Crippen molar-refractivity contribution in [3.63, 3.8) is 0 Å². The molecule has 1 aliphatic rings. The molecule has 2 aromatic heterocycles. The molecule has 2 aromatic rings. The van der Waals surface area contributed by atoms with Gasteiger partial charge in [-0.15, -0.1) is 11.3 Å². The summed E-state index contributed by atoms with van der Waals surface area (Å²) in [5, 5.41) is 12.3. The molecule has 0 amide bonds. The van der Waals surface area contributed by atoms with Gasteiger partial charge in [0.25, 0.3) is 0 Å². The van der Waals surface area contributed by atoms with Crippen molar-refractivity contribution in [3.05, 3.63) is 17.8 Å². The highest BCUT2D eigenvalue weighted by Crippen LogP contribution is 2.27. The van der Waals surface area contributed by atoms with Crippen LogP contribution in [-0.2, 0) is 0 Å². The Morgan fingerprint density at radius 2 is 2.16 bits per heavy atom. The molecular weight excluding hydrogens is 260 g/mol. The summed E-state index contributed by atoms with van der Waals surface area (Å²) in [7, 11) is 0. The molecule has 0 radical (unpaired) electrons. The summed E-state index contributed by atoms with van der Waals surface area (Å²) in [6.45, 7) is 5.02. The number of nitrogens with zero attached hydrogens (tertiary/aromatic N) is 4. The van der Waals surface area contributed by atoms with Gasteiger partial charge in [0.05, 0.1) is 12.0 Å². The number of hydrogen-bond acceptors (Lipinski definition) is 6. The van der Waals surface area contributed by atoms with E-state index in [4.69, 9.17) is 5.11 Å². The molecular formula is C13H18N4OS. The van der Waals surface area contributed by atoms with Crippen LogP contribution in [0.25, 0.3) is 10.2 Å². The molecule has 1 saturated heterocycles. The lowest BCUT2D eigenvalue weighted by Gasteiger charge is -2.22. The van der Waals surface area contributed by atoms with E-state index in [1.54, 1.807) is 17.7 Å². The summed E-state index contributed by atoms with van der Waals surface area (Å²) in [5.41, 5.74) is 0. The summed E-state index contributed by atoms with van der Waals surface area (Å²) >= 11 is 1.66. The standard InChI is InChI=1S/C13H18N4OS/c18-8-7-16-3-1-4-17(6-5-16)12-11-2-9-19-13(11)15-10-14-12/h2,9-10,18H,1,3-8H2. The van der Waals surface area contributed by atoms with Gasteiger partial charge < -0.3 is 10.0 Å². The van der Waals surface area contributed by atoms with Crippen molar-refractivity contribution in [2.24, 2.45) is 0 Å². The molecule has 5 nitrogen and oxygen atoms in total. The van der Waals surface area contributed by atoms with Gasteiger partial charge in [-0.25, -0.2) is 9.97 Å². The molecule has 1 N–H and O–H groups in total. The van der Waals surface area contributed by atoms with Crippen LogP contribution in [0.1, 0.15) is 6.42 Å². The van der Waals surface area contributed by atoms with Crippen LogP contribution < -0.4 is 4.90 Å². The van der Waals surface area contributed by atoms with Crippen molar-refractivity contribution < 1.29 is 5.11 Å². The fourth-order valence-corrected chi connectivity index (χ4v) is 3.30. The maximum absolute atomic E-state index is 9.03. The van der Waals surface area contributed by atoms with Crippen LogP contribution in [0.5, 0.6) is 0 Å². The smallest absolute Gasteiger partial charge is 0.140 e. The van der Waals surface area contributed by atoms with E-state index in [9.17, 15) is 0 Å². The average Bonchev–Trinajstić information content (AvgIpc) is 2.79. The van der Waals surface area contributed by atoms with Crippen LogP contribution in [0.4, 0.5) is 5.82 Å². The number of fused-ring (bicyclic) bond motifs is 1. The van der Waals surface area contributed by atoms with Gasteiger partial charge in [0.1, 0.15) is 17.0 Å². The number of aromatic nitrogens is 2. The average molecular weight is 278 g/mol. The Kier molecular flexibility index (Phi) is 3.91. The van der Waals surface area contributed by atoms with E-state index in [-0.39, 0.29) is 6.61 Å². The predicted molar refractivity (Wildman–Crippen MR) is 77.8 cm³/mol. The normalized spacial score (nSPS) is 17.8. The van der Waals surface area contributed by atoms with Crippen molar-refractivity contribution in [1.29, 1.82) is 0 Å². The highest BCUT2D eigenvalue weighted by molar-refractivity contribution is 7.16. The van der Waals surface area contributed by atoms with Gasteiger partial charge in [-0.05, 0) is 24.4 Å². The summed E-state index contributed by atoms with van der Waals surface area (Å²) in [6.07, 6.45) is 2.76. The molecule has 6 heteroatoms. The number of anilines is 1. The minimum atomic E-state index is 0.238. The van der Waals surface area contributed by atoms with Gasteiger partial charge in [0.15, 0.2) is 0 Å². The molecule has 0 aromatic carbocycles. The molecule has 102 valence electrons. The molecule has 1 aliphatic heterocycles. The second-order valence-corrected chi connectivity index (χ2v) is 5.64. The molecule has 3 heterocycles. The minimum Gasteiger partial charge on any atom is -0.395 e. The Morgan fingerprint density at radius 3 is 3.05 bits per heavy atom. The van der Waals surface area contributed by atoms with Crippen LogP contribution >= 0.6 is 11.3 Å². The van der Waals surface area contributed by atoms with E-state index in [0.717, 1.165) is 55.2 Å². The van der Waals surface area contributed by atoms with Crippen LogP contribution in [0, 0.1) is 0 Å². The third kappa shape index (κ3) is 2.70. The van der Waals surface area contributed by atoms with Gasteiger partial charge in [0, 0.05) is 26.2 Å². The Morgan fingerprint density at radius 1 is 1.21 bits per heavy atom. The molecule has 0 bridgehead atoms. The second-order valence-electron chi connectivity index (χ2n) is 4.74. The number of rotatable bonds is 3. The maximum atomic E-state index is 9.03. The molecule has 3 rings (SSSR count). The topological polar surface area (TPSA) is 52.5 Å². The lowest BCUT2D eigenvalue weighted by atomic mass is 10.3. The monoisotopic (exact) mass is 278 g/mol. The van der Waals surface area contributed by atoms with Gasteiger partial charge in [-0.3, -0.25) is 4.90 Å². The SMILES string of the molecule is OCCN1CCCN(c2ncnc3sccc23)CC1. The van der Waals surface area contributed by atoms with E-state index >= 15 is 0 Å². The summed E-state index contributed by atoms with van der Waals surface area (Å²) < 4.78 is 0.